The summed E-state index contributed by atoms with van der Waals surface area (Å²) in [5.74, 6) is -0.00945. The lowest BCUT2D eigenvalue weighted by Gasteiger charge is -2.28. The normalized spacial score (nSPS) is 14.3. The molecule has 1 heterocycles. The second-order valence-electron chi connectivity index (χ2n) is 5.92. The quantitative estimate of drug-likeness (QED) is 0.681. The first kappa shape index (κ1) is 15.7. The number of carbonyl (C=O) groups is 1. The number of hydrogen-bond donors (Lipinski definition) is 3. The van der Waals surface area contributed by atoms with Crippen LogP contribution in [0, 0.1) is 0 Å². The summed E-state index contributed by atoms with van der Waals surface area (Å²) in [5, 5.41) is 9.54. The predicted octanol–water partition coefficient (Wildman–Crippen LogP) is 1.57. The average molecular weight is 309 g/mol. The fourth-order valence-electron chi connectivity index (χ4n) is 2.59. The summed E-state index contributed by atoms with van der Waals surface area (Å²) >= 11 is 0. The highest BCUT2D eigenvalue weighted by molar-refractivity contribution is 5.94. The molecule has 0 saturated carbocycles. The van der Waals surface area contributed by atoms with Crippen molar-refractivity contribution in [2.24, 2.45) is 0 Å². The summed E-state index contributed by atoms with van der Waals surface area (Å²) in [7, 11) is 0. The molecule has 0 aliphatic carbocycles. The van der Waals surface area contributed by atoms with Crippen LogP contribution in [-0.2, 0) is 6.42 Å². The second kappa shape index (κ2) is 7.90. The van der Waals surface area contributed by atoms with E-state index in [-0.39, 0.29) is 5.91 Å². The third kappa shape index (κ3) is 4.65. The van der Waals surface area contributed by atoms with Crippen molar-refractivity contribution in [1.82, 2.24) is 16.0 Å². The molecule has 4 heteroatoms. The van der Waals surface area contributed by atoms with Crippen LogP contribution < -0.4 is 16.0 Å². The second-order valence-corrected chi connectivity index (χ2v) is 5.92. The van der Waals surface area contributed by atoms with Gasteiger partial charge in [0.25, 0.3) is 5.91 Å². The zero-order valence-electron chi connectivity index (χ0n) is 13.2. The van der Waals surface area contributed by atoms with E-state index in [9.17, 15) is 4.79 Å². The third-order valence-corrected chi connectivity index (χ3v) is 4.09. The van der Waals surface area contributed by atoms with Gasteiger partial charge in [0.1, 0.15) is 0 Å². The van der Waals surface area contributed by atoms with Gasteiger partial charge in [-0.15, -0.1) is 0 Å². The average Bonchev–Trinajstić information content (AvgIpc) is 2.54. The number of carbonyl (C=O) groups excluding carboxylic acids is 1. The van der Waals surface area contributed by atoms with Gasteiger partial charge in [-0.25, -0.2) is 0 Å². The van der Waals surface area contributed by atoms with Crippen molar-refractivity contribution in [3.8, 4) is 0 Å². The molecule has 0 aromatic heterocycles. The maximum Gasteiger partial charge on any atom is 0.251 e. The van der Waals surface area contributed by atoms with E-state index in [4.69, 9.17) is 0 Å². The van der Waals surface area contributed by atoms with E-state index in [1.54, 1.807) is 0 Å². The van der Waals surface area contributed by atoms with Crippen LogP contribution in [0.5, 0.6) is 0 Å². The van der Waals surface area contributed by atoms with E-state index in [1.165, 1.54) is 11.1 Å². The lowest BCUT2D eigenvalue weighted by Crippen LogP contribution is -2.56. The van der Waals surface area contributed by atoms with Gasteiger partial charge < -0.3 is 16.0 Å². The lowest BCUT2D eigenvalue weighted by molar-refractivity contribution is 0.0953. The Kier molecular flexibility index (Phi) is 5.40. The molecule has 3 N–H and O–H groups in total. The molecule has 120 valence electrons. The van der Waals surface area contributed by atoms with Crippen LogP contribution in [0.2, 0.25) is 0 Å². The molecule has 0 bridgehead atoms. The van der Waals surface area contributed by atoms with E-state index >= 15 is 0 Å². The molecule has 3 rings (SSSR count). The maximum absolute atomic E-state index is 12.1. The van der Waals surface area contributed by atoms with Crippen molar-refractivity contribution in [2.45, 2.75) is 12.5 Å². The largest absolute Gasteiger partial charge is 0.351 e. The number of amides is 1. The lowest BCUT2D eigenvalue weighted by atomic mass is 10.0. The van der Waals surface area contributed by atoms with Gasteiger partial charge in [0, 0.05) is 37.8 Å². The van der Waals surface area contributed by atoms with Crippen LogP contribution in [0.4, 0.5) is 0 Å². The van der Waals surface area contributed by atoms with Gasteiger partial charge in [-0.3, -0.25) is 4.79 Å². The summed E-state index contributed by atoms with van der Waals surface area (Å²) in [6, 6.07) is 18.8. The Hall–Kier alpha value is -2.17. The van der Waals surface area contributed by atoms with Gasteiger partial charge in [0.05, 0.1) is 0 Å². The Balaban J connectivity index is 1.45. The number of nitrogens with one attached hydrogen (secondary N) is 3. The van der Waals surface area contributed by atoms with Gasteiger partial charge in [-0.2, -0.15) is 0 Å². The summed E-state index contributed by atoms with van der Waals surface area (Å²) in [6.07, 6.45) is 0.891. The summed E-state index contributed by atoms with van der Waals surface area (Å²) in [4.78, 5) is 12.1. The highest BCUT2D eigenvalue weighted by Gasteiger charge is 2.14. The first-order valence-electron chi connectivity index (χ1n) is 8.16. The number of rotatable bonds is 7. The highest BCUT2D eigenvalue weighted by Crippen LogP contribution is 2.10. The molecule has 0 atom stereocenters. The van der Waals surface area contributed by atoms with Crippen molar-refractivity contribution in [1.29, 1.82) is 0 Å². The fraction of sp³-hybridized carbons (Fsp3) is 0.316. The standard InChI is InChI=1S/C19H23N3O/c23-19(22-11-10-21-18-13-20-14-18)17-8-6-16(7-9-17)12-15-4-2-1-3-5-15/h1-9,18,20-21H,10-14H2,(H,22,23). The molecular formula is C19H23N3O. The number of hydrogen-bond acceptors (Lipinski definition) is 3. The van der Waals surface area contributed by atoms with Gasteiger partial charge in [0.15, 0.2) is 0 Å². The first-order valence-corrected chi connectivity index (χ1v) is 8.16. The summed E-state index contributed by atoms with van der Waals surface area (Å²) in [5.41, 5.74) is 3.21. The molecular weight excluding hydrogens is 286 g/mol. The van der Waals surface area contributed by atoms with Crippen LogP contribution in [0.1, 0.15) is 21.5 Å². The van der Waals surface area contributed by atoms with Crippen LogP contribution in [0.15, 0.2) is 54.6 Å². The zero-order chi connectivity index (χ0) is 15.9. The SMILES string of the molecule is O=C(NCCNC1CNC1)c1ccc(Cc2ccccc2)cc1. The maximum atomic E-state index is 12.1. The molecule has 1 aliphatic heterocycles. The molecule has 0 radical (unpaired) electrons. The van der Waals surface area contributed by atoms with E-state index in [2.05, 4.69) is 28.1 Å². The van der Waals surface area contributed by atoms with Crippen LogP contribution in [0.25, 0.3) is 0 Å². The van der Waals surface area contributed by atoms with Gasteiger partial charge in [-0.1, -0.05) is 42.5 Å². The molecule has 0 spiro atoms. The van der Waals surface area contributed by atoms with E-state index in [0.29, 0.717) is 18.2 Å². The Bertz CT molecular complexity index is 621. The summed E-state index contributed by atoms with van der Waals surface area (Å²) < 4.78 is 0. The molecule has 1 amide bonds. The van der Waals surface area contributed by atoms with Gasteiger partial charge >= 0.3 is 0 Å². The van der Waals surface area contributed by atoms with Gasteiger partial charge in [0.2, 0.25) is 0 Å². The van der Waals surface area contributed by atoms with E-state index < -0.39 is 0 Å². The highest BCUT2D eigenvalue weighted by atomic mass is 16.1. The van der Waals surface area contributed by atoms with E-state index in [0.717, 1.165) is 26.1 Å². The molecule has 0 unspecified atom stereocenters. The van der Waals surface area contributed by atoms with Crippen LogP contribution >= 0.6 is 0 Å². The molecule has 1 fully saturated rings. The molecule has 4 nitrogen and oxygen atoms in total. The zero-order valence-corrected chi connectivity index (χ0v) is 13.2. The van der Waals surface area contributed by atoms with Crippen molar-refractivity contribution < 1.29 is 4.79 Å². The minimum absolute atomic E-state index is 0.00945. The smallest absolute Gasteiger partial charge is 0.251 e. The molecule has 23 heavy (non-hydrogen) atoms. The van der Waals surface area contributed by atoms with E-state index in [1.807, 2.05) is 42.5 Å². The van der Waals surface area contributed by atoms with Crippen LogP contribution in [0.3, 0.4) is 0 Å². The molecule has 1 aliphatic rings. The Morgan fingerprint density at radius 1 is 0.957 bits per heavy atom. The predicted molar refractivity (Wildman–Crippen MR) is 92.7 cm³/mol. The van der Waals surface area contributed by atoms with Crippen molar-refractivity contribution >= 4 is 5.91 Å². The van der Waals surface area contributed by atoms with Crippen molar-refractivity contribution in [2.75, 3.05) is 26.2 Å². The molecule has 2 aromatic carbocycles. The summed E-state index contributed by atoms with van der Waals surface area (Å²) in [6.45, 7) is 3.51. The monoisotopic (exact) mass is 309 g/mol. The third-order valence-electron chi connectivity index (χ3n) is 4.09. The topological polar surface area (TPSA) is 53.2 Å². The first-order chi connectivity index (χ1) is 11.3. The fourth-order valence-corrected chi connectivity index (χ4v) is 2.59. The van der Waals surface area contributed by atoms with Crippen molar-refractivity contribution in [3.63, 3.8) is 0 Å². The van der Waals surface area contributed by atoms with Crippen LogP contribution in [-0.4, -0.2) is 38.1 Å². The minimum atomic E-state index is -0.00945. The van der Waals surface area contributed by atoms with Crippen molar-refractivity contribution in [3.05, 3.63) is 71.3 Å². The minimum Gasteiger partial charge on any atom is -0.351 e. The molecule has 1 saturated heterocycles. The Morgan fingerprint density at radius 2 is 1.65 bits per heavy atom. The Morgan fingerprint density at radius 3 is 2.30 bits per heavy atom. The Labute approximate surface area is 137 Å². The van der Waals surface area contributed by atoms with Gasteiger partial charge in [-0.05, 0) is 29.7 Å². The number of benzene rings is 2. The molecule has 2 aromatic rings.